The number of nitrogens with one attached hydrogen (secondary N) is 1. The molecule has 0 spiro atoms. The first-order chi connectivity index (χ1) is 9.95. The lowest BCUT2D eigenvalue weighted by molar-refractivity contribution is 0.480. The highest BCUT2D eigenvalue weighted by molar-refractivity contribution is 9.10. The first-order valence-corrected chi connectivity index (χ1v) is 7.36. The van der Waals surface area contributed by atoms with Gasteiger partial charge < -0.3 is 5.32 Å². The fourth-order valence-electron chi connectivity index (χ4n) is 2.14. The first-order valence-electron chi connectivity index (χ1n) is 6.19. The quantitative estimate of drug-likeness (QED) is 0.736. The Balaban J connectivity index is 2.44. The SMILES string of the molecule is CNC(Cc1c(F)cccc1Cl)c1c(F)ccc(Br)c1F. The molecule has 0 fully saturated rings. The van der Waals surface area contributed by atoms with Crippen LogP contribution in [0.1, 0.15) is 17.2 Å². The molecule has 1 nitrogen and oxygen atoms in total. The van der Waals surface area contributed by atoms with Crippen LogP contribution in [0.4, 0.5) is 13.2 Å². The normalized spacial score (nSPS) is 12.5. The minimum Gasteiger partial charge on any atom is -0.313 e. The van der Waals surface area contributed by atoms with Gasteiger partial charge in [-0.3, -0.25) is 0 Å². The summed E-state index contributed by atoms with van der Waals surface area (Å²) >= 11 is 8.99. The summed E-state index contributed by atoms with van der Waals surface area (Å²) in [5, 5.41) is 3.03. The summed E-state index contributed by atoms with van der Waals surface area (Å²) in [5.74, 6) is -1.90. The van der Waals surface area contributed by atoms with Crippen molar-refractivity contribution < 1.29 is 13.2 Å². The second-order valence-corrected chi connectivity index (χ2v) is 5.76. The largest absolute Gasteiger partial charge is 0.313 e. The lowest BCUT2D eigenvalue weighted by atomic mass is 9.97. The van der Waals surface area contributed by atoms with Crippen molar-refractivity contribution in [2.24, 2.45) is 0 Å². The molecule has 0 amide bonds. The molecule has 0 bridgehead atoms. The third-order valence-electron chi connectivity index (χ3n) is 3.25. The second-order valence-electron chi connectivity index (χ2n) is 4.50. The van der Waals surface area contributed by atoms with E-state index in [-0.39, 0.29) is 27.0 Å². The maximum Gasteiger partial charge on any atom is 0.145 e. The lowest BCUT2D eigenvalue weighted by Gasteiger charge is -2.19. The topological polar surface area (TPSA) is 12.0 Å². The maximum absolute atomic E-state index is 14.1. The average molecular weight is 379 g/mol. The molecule has 2 rings (SSSR count). The van der Waals surface area contributed by atoms with Crippen LogP contribution in [-0.2, 0) is 6.42 Å². The predicted octanol–water partition coefficient (Wildman–Crippen LogP) is 5.02. The Kier molecular flexibility index (Phi) is 5.30. The summed E-state index contributed by atoms with van der Waals surface area (Å²) in [7, 11) is 1.55. The lowest BCUT2D eigenvalue weighted by Crippen LogP contribution is -2.22. The minimum absolute atomic E-state index is 0.0340. The highest BCUT2D eigenvalue weighted by atomic mass is 79.9. The highest BCUT2D eigenvalue weighted by Crippen LogP contribution is 2.31. The Labute approximate surface area is 134 Å². The van der Waals surface area contributed by atoms with Crippen molar-refractivity contribution in [3.63, 3.8) is 0 Å². The molecule has 1 atom stereocenters. The van der Waals surface area contributed by atoms with Gasteiger partial charge in [0, 0.05) is 22.2 Å². The maximum atomic E-state index is 14.1. The molecule has 6 heteroatoms. The molecule has 0 aliphatic heterocycles. The number of halogens is 5. The molecule has 0 aliphatic rings. The fourth-order valence-corrected chi connectivity index (χ4v) is 2.73. The van der Waals surface area contributed by atoms with Crippen molar-refractivity contribution in [1.82, 2.24) is 5.32 Å². The molecule has 0 saturated carbocycles. The van der Waals surface area contributed by atoms with E-state index in [0.717, 1.165) is 6.07 Å². The Morgan fingerprint density at radius 2 is 1.86 bits per heavy atom. The monoisotopic (exact) mass is 377 g/mol. The van der Waals surface area contributed by atoms with Gasteiger partial charge in [0.05, 0.1) is 4.47 Å². The fraction of sp³-hybridized carbons (Fsp3) is 0.200. The van der Waals surface area contributed by atoms with E-state index in [1.807, 2.05) is 0 Å². The zero-order valence-electron chi connectivity index (χ0n) is 11.1. The van der Waals surface area contributed by atoms with E-state index in [1.165, 1.54) is 18.2 Å². The number of rotatable bonds is 4. The Hall–Kier alpha value is -1.04. The molecule has 0 radical (unpaired) electrons. The van der Waals surface area contributed by atoms with Crippen LogP contribution in [0.2, 0.25) is 5.02 Å². The molecular weight excluding hydrogens is 367 g/mol. The van der Waals surface area contributed by atoms with E-state index < -0.39 is 23.5 Å². The minimum atomic E-state index is -0.739. The van der Waals surface area contributed by atoms with E-state index >= 15 is 0 Å². The number of benzene rings is 2. The van der Waals surface area contributed by atoms with Crippen molar-refractivity contribution in [3.8, 4) is 0 Å². The van der Waals surface area contributed by atoms with Gasteiger partial charge in [0.15, 0.2) is 0 Å². The Bertz CT molecular complexity index is 643. The van der Waals surface area contributed by atoms with Gasteiger partial charge in [-0.1, -0.05) is 17.7 Å². The van der Waals surface area contributed by atoms with E-state index in [1.54, 1.807) is 13.1 Å². The van der Waals surface area contributed by atoms with Crippen molar-refractivity contribution in [3.05, 3.63) is 68.4 Å². The van der Waals surface area contributed by atoms with E-state index in [2.05, 4.69) is 21.2 Å². The van der Waals surface area contributed by atoms with Crippen LogP contribution in [0, 0.1) is 17.5 Å². The summed E-state index contributed by atoms with van der Waals surface area (Å²) in [6, 6.07) is 6.00. The number of hydrogen-bond acceptors (Lipinski definition) is 1. The molecular formula is C15H12BrClF3N. The van der Waals surface area contributed by atoms with Gasteiger partial charge in [-0.05, 0) is 53.7 Å². The molecule has 112 valence electrons. The number of likely N-dealkylation sites (N-methyl/N-ethyl adjacent to an activating group) is 1. The van der Waals surface area contributed by atoms with Gasteiger partial charge in [0.2, 0.25) is 0 Å². The van der Waals surface area contributed by atoms with Gasteiger partial charge in [0.1, 0.15) is 17.5 Å². The molecule has 0 heterocycles. The van der Waals surface area contributed by atoms with Crippen molar-refractivity contribution in [2.75, 3.05) is 7.05 Å². The van der Waals surface area contributed by atoms with Crippen molar-refractivity contribution in [2.45, 2.75) is 12.5 Å². The molecule has 2 aromatic rings. The van der Waals surface area contributed by atoms with Crippen molar-refractivity contribution in [1.29, 1.82) is 0 Å². The Morgan fingerprint density at radius 1 is 1.14 bits per heavy atom. The smallest absolute Gasteiger partial charge is 0.145 e. The summed E-state index contributed by atoms with van der Waals surface area (Å²) in [5.41, 5.74) is 0.0727. The van der Waals surface area contributed by atoms with Crippen LogP contribution in [0.5, 0.6) is 0 Å². The zero-order chi connectivity index (χ0) is 15.6. The summed E-state index contributed by atoms with van der Waals surface area (Å²) in [6.45, 7) is 0. The predicted molar refractivity (Wildman–Crippen MR) is 81.0 cm³/mol. The summed E-state index contributed by atoms with van der Waals surface area (Å²) < 4.78 is 42.1. The van der Waals surface area contributed by atoms with Crippen LogP contribution in [0.25, 0.3) is 0 Å². The Morgan fingerprint density at radius 3 is 2.48 bits per heavy atom. The molecule has 0 saturated heterocycles. The molecule has 0 aliphatic carbocycles. The van der Waals surface area contributed by atoms with E-state index in [4.69, 9.17) is 11.6 Å². The molecule has 1 unspecified atom stereocenters. The summed E-state index contributed by atoms with van der Waals surface area (Å²) in [4.78, 5) is 0. The van der Waals surface area contributed by atoms with E-state index in [0.29, 0.717) is 0 Å². The summed E-state index contributed by atoms with van der Waals surface area (Å²) in [6.07, 6.45) is 0.0340. The van der Waals surface area contributed by atoms with Crippen LogP contribution in [-0.4, -0.2) is 7.05 Å². The molecule has 21 heavy (non-hydrogen) atoms. The van der Waals surface area contributed by atoms with E-state index in [9.17, 15) is 13.2 Å². The van der Waals surface area contributed by atoms with Crippen molar-refractivity contribution >= 4 is 27.5 Å². The van der Waals surface area contributed by atoms with Gasteiger partial charge in [-0.25, -0.2) is 13.2 Å². The highest BCUT2D eigenvalue weighted by Gasteiger charge is 2.23. The standard InChI is InChI=1S/C15H12BrClF3N/c1-21-13(7-8-10(17)3-2-4-11(8)18)14-12(19)6-5-9(16)15(14)20/h2-6,13,21H,7H2,1H3. The second kappa shape index (κ2) is 6.81. The number of hydrogen-bond donors (Lipinski definition) is 1. The third-order valence-corrected chi connectivity index (χ3v) is 4.21. The van der Waals surface area contributed by atoms with Gasteiger partial charge in [0.25, 0.3) is 0 Å². The third kappa shape index (κ3) is 3.42. The van der Waals surface area contributed by atoms with Crippen LogP contribution >= 0.6 is 27.5 Å². The average Bonchev–Trinajstić information content (AvgIpc) is 2.45. The first kappa shape index (κ1) is 16.3. The van der Waals surface area contributed by atoms with Gasteiger partial charge in [-0.15, -0.1) is 0 Å². The van der Waals surface area contributed by atoms with Gasteiger partial charge >= 0.3 is 0 Å². The molecule has 2 aromatic carbocycles. The van der Waals surface area contributed by atoms with Crippen LogP contribution in [0.15, 0.2) is 34.8 Å². The van der Waals surface area contributed by atoms with Crippen LogP contribution in [0.3, 0.4) is 0 Å². The van der Waals surface area contributed by atoms with Gasteiger partial charge in [-0.2, -0.15) is 0 Å². The zero-order valence-corrected chi connectivity index (χ0v) is 13.4. The van der Waals surface area contributed by atoms with Crippen LogP contribution < -0.4 is 5.32 Å². The molecule has 0 aromatic heterocycles. The molecule has 1 N–H and O–H groups in total.